The molecule has 0 amide bonds. The van der Waals surface area contributed by atoms with Gasteiger partial charge in [-0.3, -0.25) is 4.79 Å². The summed E-state index contributed by atoms with van der Waals surface area (Å²) in [6.07, 6.45) is 3.58. The molecule has 0 heterocycles. The van der Waals surface area contributed by atoms with E-state index in [1.54, 1.807) is 0 Å². The van der Waals surface area contributed by atoms with E-state index in [4.69, 9.17) is 16.3 Å². The first-order valence-corrected chi connectivity index (χ1v) is 7.13. The summed E-state index contributed by atoms with van der Waals surface area (Å²) in [5, 5.41) is 0. The van der Waals surface area contributed by atoms with Crippen molar-refractivity contribution in [3.63, 3.8) is 0 Å². The van der Waals surface area contributed by atoms with Gasteiger partial charge in [0.25, 0.3) is 0 Å². The number of hydrogen-bond acceptors (Lipinski definition) is 2. The van der Waals surface area contributed by atoms with Crippen molar-refractivity contribution in [3.05, 3.63) is 0 Å². The van der Waals surface area contributed by atoms with Crippen molar-refractivity contribution in [2.75, 3.05) is 5.88 Å². The zero-order chi connectivity index (χ0) is 12.8. The molecular weight excluding hydrogens is 236 g/mol. The van der Waals surface area contributed by atoms with Gasteiger partial charge in [0.05, 0.1) is 5.92 Å². The summed E-state index contributed by atoms with van der Waals surface area (Å²) in [6.45, 7) is 8.76. The number of rotatable bonds is 3. The average Bonchev–Trinajstić information content (AvgIpc) is 2.60. The Morgan fingerprint density at radius 2 is 2.12 bits per heavy atom. The van der Waals surface area contributed by atoms with Gasteiger partial charge in [-0.15, -0.1) is 11.6 Å². The van der Waals surface area contributed by atoms with Gasteiger partial charge in [0, 0.05) is 11.3 Å². The Morgan fingerprint density at radius 3 is 2.53 bits per heavy atom. The Morgan fingerprint density at radius 1 is 1.47 bits per heavy atom. The van der Waals surface area contributed by atoms with Gasteiger partial charge in [0.15, 0.2) is 0 Å². The van der Waals surface area contributed by atoms with E-state index in [0.29, 0.717) is 17.2 Å². The van der Waals surface area contributed by atoms with Crippen LogP contribution in [0.4, 0.5) is 0 Å². The fraction of sp³-hybridized carbons (Fsp3) is 0.929. The fourth-order valence-corrected chi connectivity index (χ4v) is 3.75. The molecule has 2 aliphatic rings. The molecule has 0 saturated heterocycles. The lowest BCUT2D eigenvalue weighted by molar-refractivity contribution is -0.160. The highest BCUT2D eigenvalue weighted by atomic mass is 35.5. The lowest BCUT2D eigenvalue weighted by Gasteiger charge is -2.38. The van der Waals surface area contributed by atoms with Gasteiger partial charge in [-0.2, -0.15) is 0 Å². The smallest absolute Gasteiger partial charge is 0.310 e. The topological polar surface area (TPSA) is 26.3 Å². The lowest BCUT2D eigenvalue weighted by atomic mass is 9.70. The molecule has 2 bridgehead atoms. The minimum Gasteiger partial charge on any atom is -0.462 e. The van der Waals surface area contributed by atoms with Crippen LogP contribution in [0.1, 0.15) is 47.0 Å². The summed E-state index contributed by atoms with van der Waals surface area (Å²) in [5.41, 5.74) is 0.446. The molecule has 4 atom stereocenters. The van der Waals surface area contributed by atoms with Crippen molar-refractivity contribution in [2.24, 2.45) is 22.7 Å². The molecule has 2 nitrogen and oxygen atoms in total. The zero-order valence-corrected chi connectivity index (χ0v) is 12.0. The molecule has 0 aromatic heterocycles. The van der Waals surface area contributed by atoms with E-state index in [-0.39, 0.29) is 23.4 Å². The average molecular weight is 259 g/mol. The van der Waals surface area contributed by atoms with E-state index < -0.39 is 0 Å². The molecular formula is C14H23ClO2. The van der Waals surface area contributed by atoms with Gasteiger partial charge in [-0.05, 0) is 30.6 Å². The van der Waals surface area contributed by atoms with Gasteiger partial charge in [-0.25, -0.2) is 0 Å². The van der Waals surface area contributed by atoms with Crippen molar-refractivity contribution >= 4 is 17.6 Å². The van der Waals surface area contributed by atoms with Crippen molar-refractivity contribution in [3.8, 4) is 0 Å². The van der Waals surface area contributed by atoms with Gasteiger partial charge < -0.3 is 4.74 Å². The van der Waals surface area contributed by atoms with Crippen molar-refractivity contribution < 1.29 is 9.53 Å². The zero-order valence-electron chi connectivity index (χ0n) is 11.3. The molecule has 2 rings (SSSR count). The molecule has 0 spiro atoms. The van der Waals surface area contributed by atoms with E-state index in [0.717, 1.165) is 6.42 Å². The molecule has 4 unspecified atom stereocenters. The van der Waals surface area contributed by atoms with E-state index >= 15 is 0 Å². The minimum atomic E-state index is -0.192. The molecule has 0 aromatic rings. The number of ether oxygens (including phenoxy) is 1. The minimum absolute atomic E-state index is 0.0921. The van der Waals surface area contributed by atoms with Crippen LogP contribution in [0.3, 0.4) is 0 Å². The third kappa shape index (κ3) is 1.80. The Balaban J connectivity index is 2.08. The Labute approximate surface area is 109 Å². The number of carbonyl (C=O) groups is 1. The summed E-state index contributed by atoms with van der Waals surface area (Å²) in [6, 6.07) is 0. The number of alkyl halides is 1. The van der Waals surface area contributed by atoms with Crippen molar-refractivity contribution in [2.45, 2.75) is 53.1 Å². The number of fused-ring (bicyclic) bond motifs is 2. The van der Waals surface area contributed by atoms with Gasteiger partial charge in [-0.1, -0.05) is 27.7 Å². The number of esters is 1. The lowest BCUT2D eigenvalue weighted by Crippen LogP contribution is -2.39. The normalized spacial score (nSPS) is 40.3. The van der Waals surface area contributed by atoms with E-state index in [1.807, 2.05) is 6.92 Å². The van der Waals surface area contributed by atoms with E-state index in [2.05, 4.69) is 20.8 Å². The van der Waals surface area contributed by atoms with Gasteiger partial charge in [0.2, 0.25) is 0 Å². The maximum Gasteiger partial charge on any atom is 0.310 e. The molecule has 3 heteroatoms. The quantitative estimate of drug-likeness (QED) is 0.571. The summed E-state index contributed by atoms with van der Waals surface area (Å²) in [4.78, 5) is 11.9. The maximum absolute atomic E-state index is 11.9. The maximum atomic E-state index is 11.9. The molecule has 0 aliphatic heterocycles. The van der Waals surface area contributed by atoms with Crippen LogP contribution in [0.15, 0.2) is 0 Å². The summed E-state index contributed by atoms with van der Waals surface area (Å²) < 4.78 is 5.71. The predicted molar refractivity (Wildman–Crippen MR) is 69.0 cm³/mol. The SMILES string of the molecule is CC(CCl)C(=O)OC1CC2CCC1(C)C2(C)C. The highest BCUT2D eigenvalue weighted by Gasteiger charge is 2.62. The van der Waals surface area contributed by atoms with Crippen LogP contribution in [0.2, 0.25) is 0 Å². The molecule has 0 aromatic carbocycles. The molecule has 98 valence electrons. The second-order valence-corrected chi connectivity index (χ2v) is 6.90. The third-order valence-electron chi connectivity index (χ3n) is 5.61. The van der Waals surface area contributed by atoms with Crippen LogP contribution in [-0.4, -0.2) is 18.0 Å². The molecule has 0 N–H and O–H groups in total. The van der Waals surface area contributed by atoms with E-state index in [1.165, 1.54) is 12.8 Å². The second kappa shape index (κ2) is 4.15. The summed E-state index contributed by atoms with van der Waals surface area (Å²) >= 11 is 5.70. The Bertz CT molecular complexity index is 326. The molecule has 2 aliphatic carbocycles. The van der Waals surface area contributed by atoms with Crippen LogP contribution < -0.4 is 0 Å². The largest absolute Gasteiger partial charge is 0.462 e. The second-order valence-electron chi connectivity index (χ2n) is 6.59. The summed E-state index contributed by atoms with van der Waals surface area (Å²) in [5.74, 6) is 0.725. The van der Waals surface area contributed by atoms with Crippen LogP contribution in [-0.2, 0) is 9.53 Å². The van der Waals surface area contributed by atoms with Gasteiger partial charge >= 0.3 is 5.97 Å². The van der Waals surface area contributed by atoms with Crippen molar-refractivity contribution in [1.29, 1.82) is 0 Å². The first kappa shape index (κ1) is 13.2. The molecule has 2 fully saturated rings. The first-order valence-electron chi connectivity index (χ1n) is 6.59. The Kier molecular flexibility index (Phi) is 3.22. The first-order chi connectivity index (χ1) is 7.83. The van der Waals surface area contributed by atoms with Crippen LogP contribution >= 0.6 is 11.6 Å². The van der Waals surface area contributed by atoms with Crippen LogP contribution in [0.5, 0.6) is 0 Å². The summed E-state index contributed by atoms with van der Waals surface area (Å²) in [7, 11) is 0. The molecule has 17 heavy (non-hydrogen) atoms. The highest BCUT2D eigenvalue weighted by Crippen LogP contribution is 2.66. The monoisotopic (exact) mass is 258 g/mol. The van der Waals surface area contributed by atoms with Crippen LogP contribution in [0.25, 0.3) is 0 Å². The Hall–Kier alpha value is -0.240. The highest BCUT2D eigenvalue weighted by molar-refractivity contribution is 6.19. The molecule has 2 saturated carbocycles. The molecule has 0 radical (unpaired) electrons. The number of halogens is 1. The number of hydrogen-bond donors (Lipinski definition) is 0. The van der Waals surface area contributed by atoms with Crippen LogP contribution in [0, 0.1) is 22.7 Å². The fourth-order valence-electron chi connectivity index (χ4n) is 3.63. The number of carbonyl (C=O) groups excluding carboxylic acids is 1. The van der Waals surface area contributed by atoms with Crippen molar-refractivity contribution in [1.82, 2.24) is 0 Å². The predicted octanol–water partition coefficient (Wildman–Crippen LogP) is 3.62. The van der Waals surface area contributed by atoms with Gasteiger partial charge in [0.1, 0.15) is 6.10 Å². The standard InChI is InChI=1S/C14H23ClO2/c1-9(8-15)12(16)17-11-7-10-5-6-14(11,4)13(10,2)3/h9-11H,5-8H2,1-4H3. The third-order valence-corrected chi connectivity index (χ3v) is 6.07. The van der Waals surface area contributed by atoms with E-state index in [9.17, 15) is 4.79 Å².